The zero-order valence-corrected chi connectivity index (χ0v) is 19.9. The fraction of sp³-hybridized carbons (Fsp3) is 0.391. The van der Waals surface area contributed by atoms with E-state index in [1.54, 1.807) is 51.2 Å². The van der Waals surface area contributed by atoms with Crippen molar-refractivity contribution in [1.29, 1.82) is 0 Å². The van der Waals surface area contributed by atoms with Crippen molar-refractivity contribution in [2.75, 3.05) is 7.05 Å². The van der Waals surface area contributed by atoms with Crippen molar-refractivity contribution < 1.29 is 29.0 Å². The Morgan fingerprint density at radius 1 is 1.00 bits per heavy atom. The summed E-state index contributed by atoms with van der Waals surface area (Å²) in [5.74, 6) is -3.35. The predicted molar refractivity (Wildman–Crippen MR) is 125 cm³/mol. The third-order valence-corrected chi connectivity index (χ3v) is 6.71. The van der Waals surface area contributed by atoms with E-state index in [0.717, 1.165) is 4.90 Å². The summed E-state index contributed by atoms with van der Waals surface area (Å²) in [4.78, 5) is 47.8. The highest BCUT2D eigenvalue weighted by molar-refractivity contribution is 7.52. The third-order valence-electron chi connectivity index (χ3n) is 5.50. The van der Waals surface area contributed by atoms with Crippen molar-refractivity contribution in [3.05, 3.63) is 65.7 Å². The molecule has 0 aliphatic heterocycles. The molecular weight excluding hydrogens is 445 g/mol. The molecule has 0 aliphatic carbocycles. The predicted octanol–water partition coefficient (Wildman–Crippen LogP) is 1.61. The summed E-state index contributed by atoms with van der Waals surface area (Å²) in [6, 6.07) is 12.5. The van der Waals surface area contributed by atoms with Crippen LogP contribution in [0, 0.1) is 5.92 Å². The van der Waals surface area contributed by atoms with Crippen LogP contribution in [0.4, 0.5) is 0 Å². The number of rotatable bonds is 11. The molecule has 0 saturated carbocycles. The van der Waals surface area contributed by atoms with Gasteiger partial charge in [-0.15, -0.1) is 0 Å². The van der Waals surface area contributed by atoms with Gasteiger partial charge in [-0.25, -0.2) is 0 Å². The Bertz CT molecular complexity index is 977. The maximum Gasteiger partial charge on any atom is 0.348 e. The SMILES string of the molecule is CN[C@H](C(=O)N(C(Cc1ccc(O)cc1)P(=O)(O)O)[C@@H](Cc1ccccc1)C(N)=O)C(C)C. The Morgan fingerprint density at radius 3 is 2.00 bits per heavy atom. The lowest BCUT2D eigenvalue weighted by Gasteiger charge is -2.39. The molecule has 0 aliphatic rings. The van der Waals surface area contributed by atoms with Gasteiger partial charge >= 0.3 is 7.60 Å². The molecule has 0 radical (unpaired) electrons. The van der Waals surface area contributed by atoms with E-state index in [-0.39, 0.29) is 24.5 Å². The number of hydrogen-bond acceptors (Lipinski definition) is 5. The number of likely N-dealkylation sites (N-methyl/N-ethyl adjacent to an activating group) is 1. The molecule has 9 nitrogen and oxygen atoms in total. The number of nitrogens with zero attached hydrogens (tertiary/aromatic N) is 1. The number of nitrogens with two attached hydrogens (primary N) is 1. The minimum Gasteiger partial charge on any atom is -0.508 e. The van der Waals surface area contributed by atoms with Crippen LogP contribution in [0.25, 0.3) is 0 Å². The standard InChI is InChI=1S/C23H32N3O6P/c1-15(2)21(25-3)23(29)26(19(22(24)28)13-16-7-5-4-6-8-16)20(33(30,31)32)14-17-9-11-18(27)12-10-17/h4-12,15,19-21,25,27H,13-14H2,1-3H3,(H2,24,28)(H2,30,31,32)/t19-,20?,21-/m0/s1. The highest BCUT2D eigenvalue weighted by atomic mass is 31.2. The number of amides is 2. The third kappa shape index (κ3) is 7.14. The molecule has 33 heavy (non-hydrogen) atoms. The molecule has 0 saturated heterocycles. The summed E-state index contributed by atoms with van der Waals surface area (Å²) < 4.78 is 12.7. The van der Waals surface area contributed by atoms with Gasteiger partial charge in [0.05, 0.1) is 6.04 Å². The quantitative estimate of drug-likeness (QED) is 0.308. The van der Waals surface area contributed by atoms with Gasteiger partial charge in [0, 0.05) is 12.8 Å². The van der Waals surface area contributed by atoms with E-state index in [2.05, 4.69) is 5.32 Å². The number of aromatic hydroxyl groups is 1. The number of phenolic OH excluding ortho intramolecular Hbond substituents is 1. The van der Waals surface area contributed by atoms with Crippen LogP contribution in [0.15, 0.2) is 54.6 Å². The summed E-state index contributed by atoms with van der Waals surface area (Å²) in [7, 11) is -3.36. The first-order valence-corrected chi connectivity index (χ1v) is 12.3. The zero-order valence-electron chi connectivity index (χ0n) is 19.0. The molecule has 2 amide bonds. The zero-order chi connectivity index (χ0) is 24.8. The Morgan fingerprint density at radius 2 is 1.55 bits per heavy atom. The number of carbonyl (C=O) groups excluding carboxylic acids is 2. The molecule has 1 unspecified atom stereocenters. The summed E-state index contributed by atoms with van der Waals surface area (Å²) in [5.41, 5.74) is 6.87. The maximum atomic E-state index is 13.7. The number of phenols is 1. The van der Waals surface area contributed by atoms with E-state index in [4.69, 9.17) is 5.73 Å². The molecule has 0 heterocycles. The van der Waals surface area contributed by atoms with Crippen molar-refractivity contribution >= 4 is 19.4 Å². The van der Waals surface area contributed by atoms with Crippen LogP contribution in [0.2, 0.25) is 0 Å². The summed E-state index contributed by atoms with van der Waals surface area (Å²) in [6.07, 6.45) is -0.230. The van der Waals surface area contributed by atoms with Gasteiger partial charge in [-0.1, -0.05) is 56.3 Å². The van der Waals surface area contributed by atoms with Gasteiger partial charge in [-0.3, -0.25) is 14.2 Å². The van der Waals surface area contributed by atoms with Crippen molar-refractivity contribution in [3.8, 4) is 5.75 Å². The van der Waals surface area contributed by atoms with Gasteiger partial charge in [0.15, 0.2) is 0 Å². The van der Waals surface area contributed by atoms with Crippen LogP contribution in [0.5, 0.6) is 5.75 Å². The van der Waals surface area contributed by atoms with Crippen LogP contribution in [-0.2, 0) is 27.0 Å². The van der Waals surface area contributed by atoms with Crippen molar-refractivity contribution in [3.63, 3.8) is 0 Å². The second kappa shape index (κ2) is 11.4. The Balaban J connectivity index is 2.61. The van der Waals surface area contributed by atoms with Crippen LogP contribution in [0.3, 0.4) is 0 Å². The molecule has 0 spiro atoms. The van der Waals surface area contributed by atoms with Crippen molar-refractivity contribution in [2.24, 2.45) is 11.7 Å². The first-order chi connectivity index (χ1) is 15.5. The molecule has 0 aromatic heterocycles. The van der Waals surface area contributed by atoms with Crippen LogP contribution in [-0.4, -0.2) is 56.5 Å². The summed E-state index contributed by atoms with van der Waals surface area (Å²) >= 11 is 0. The Kier molecular flexibility index (Phi) is 9.19. The Labute approximate surface area is 193 Å². The topological polar surface area (TPSA) is 153 Å². The highest BCUT2D eigenvalue weighted by Gasteiger charge is 2.45. The summed E-state index contributed by atoms with van der Waals surface area (Å²) in [5, 5.41) is 12.4. The molecule has 2 aromatic carbocycles. The second-order valence-corrected chi connectivity index (χ2v) is 10.1. The average Bonchev–Trinajstić information content (AvgIpc) is 2.74. The van der Waals surface area contributed by atoms with E-state index in [9.17, 15) is 29.0 Å². The van der Waals surface area contributed by atoms with Gasteiger partial charge in [0.2, 0.25) is 11.8 Å². The molecular formula is C23H32N3O6P. The van der Waals surface area contributed by atoms with Crippen molar-refractivity contribution in [2.45, 2.75) is 44.6 Å². The average molecular weight is 477 g/mol. The number of carbonyl (C=O) groups is 2. The second-order valence-electron chi connectivity index (χ2n) is 8.30. The Hall–Kier alpha value is -2.71. The van der Waals surface area contributed by atoms with Crippen LogP contribution < -0.4 is 11.1 Å². The van der Waals surface area contributed by atoms with Crippen LogP contribution in [0.1, 0.15) is 25.0 Å². The molecule has 0 bridgehead atoms. The number of primary amides is 1. The molecule has 0 fully saturated rings. The highest BCUT2D eigenvalue weighted by Crippen LogP contribution is 2.46. The van der Waals surface area contributed by atoms with E-state index < -0.39 is 37.3 Å². The van der Waals surface area contributed by atoms with Crippen molar-refractivity contribution in [1.82, 2.24) is 10.2 Å². The minimum atomic E-state index is -4.93. The molecule has 180 valence electrons. The van der Waals surface area contributed by atoms with Gasteiger partial charge in [0.25, 0.3) is 0 Å². The normalized spacial score (nSPS) is 14.5. The minimum absolute atomic E-state index is 0.00250. The van der Waals surface area contributed by atoms with E-state index in [0.29, 0.717) is 11.1 Å². The fourth-order valence-corrected chi connectivity index (χ4v) is 4.85. The summed E-state index contributed by atoms with van der Waals surface area (Å²) in [6.45, 7) is 3.58. The molecule has 6 N–H and O–H groups in total. The molecule has 2 aromatic rings. The lowest BCUT2D eigenvalue weighted by molar-refractivity contribution is -0.143. The number of hydrogen-bond donors (Lipinski definition) is 5. The van der Waals surface area contributed by atoms with Crippen LogP contribution >= 0.6 is 7.60 Å². The molecule has 3 atom stereocenters. The van der Waals surface area contributed by atoms with Gasteiger partial charge in [-0.05, 0) is 36.2 Å². The van der Waals surface area contributed by atoms with E-state index >= 15 is 0 Å². The number of benzene rings is 2. The first-order valence-electron chi connectivity index (χ1n) is 10.6. The maximum absolute atomic E-state index is 13.7. The number of nitrogens with one attached hydrogen (secondary N) is 1. The van der Waals surface area contributed by atoms with E-state index in [1.165, 1.54) is 24.3 Å². The fourth-order valence-electron chi connectivity index (χ4n) is 3.81. The monoisotopic (exact) mass is 477 g/mol. The lowest BCUT2D eigenvalue weighted by atomic mass is 9.98. The van der Waals surface area contributed by atoms with E-state index in [1.807, 2.05) is 0 Å². The first kappa shape index (κ1) is 26.5. The van der Waals surface area contributed by atoms with Gasteiger partial charge < -0.3 is 30.8 Å². The largest absolute Gasteiger partial charge is 0.508 e. The van der Waals surface area contributed by atoms with Gasteiger partial charge in [-0.2, -0.15) is 0 Å². The molecule has 2 rings (SSSR count). The van der Waals surface area contributed by atoms with Gasteiger partial charge in [0.1, 0.15) is 17.6 Å². The lowest BCUT2D eigenvalue weighted by Crippen LogP contribution is -2.59. The molecule has 10 heteroatoms. The smallest absolute Gasteiger partial charge is 0.348 e.